The molecule has 0 aliphatic carbocycles. The van der Waals surface area contributed by atoms with Gasteiger partial charge >= 0.3 is 5.97 Å². The largest absolute Gasteiger partial charge is 0.468 e. The number of nitrogens with zero attached hydrogens (tertiary/aromatic N) is 3. The smallest absolute Gasteiger partial charge is 0.327 e. The monoisotopic (exact) mass is 472 g/mol. The molecule has 2 aliphatic rings. The molecule has 180 valence electrons. The molecule has 4 atom stereocenters. The van der Waals surface area contributed by atoms with Gasteiger partial charge in [-0.25, -0.2) is 9.58 Å². The van der Waals surface area contributed by atoms with Gasteiger partial charge in [0.15, 0.2) is 0 Å². The number of nitrogens with one attached hydrogen (secondary N) is 1. The Bertz CT molecular complexity index is 1290. The van der Waals surface area contributed by atoms with Crippen molar-refractivity contribution in [3.8, 4) is 5.69 Å². The van der Waals surface area contributed by atoms with Crippen molar-refractivity contribution in [2.75, 3.05) is 12.0 Å². The molecule has 3 heterocycles. The summed E-state index contributed by atoms with van der Waals surface area (Å²) in [6.07, 6.45) is 1.87. The lowest BCUT2D eigenvalue weighted by Gasteiger charge is -2.35. The fraction of sp³-hybridized carbons (Fsp3) is 0.333. The van der Waals surface area contributed by atoms with Crippen molar-refractivity contribution in [1.29, 1.82) is 0 Å². The standard InChI is InChI=1S/C27H28N4O4/c1-16(2)27(26(34)35-4)22-21(24(32)31(25(22)33)19-13-9-6-10-14-19)23(28-27)20-15-30(29-17(20)3)18-11-7-5-8-12-18/h5-16,21-23,28H,1-4H3/t21-,22-,23-,27-/m1/s1. The highest BCUT2D eigenvalue weighted by atomic mass is 16.5. The van der Waals surface area contributed by atoms with Gasteiger partial charge in [0.25, 0.3) is 0 Å². The molecule has 2 amide bonds. The molecule has 0 saturated carbocycles. The minimum absolute atomic E-state index is 0.315. The van der Waals surface area contributed by atoms with E-state index in [-0.39, 0.29) is 11.8 Å². The van der Waals surface area contributed by atoms with Crippen LogP contribution in [0.15, 0.2) is 66.9 Å². The zero-order chi connectivity index (χ0) is 24.9. The second kappa shape index (κ2) is 8.46. The first-order valence-corrected chi connectivity index (χ1v) is 11.7. The lowest BCUT2D eigenvalue weighted by Crippen LogP contribution is -2.59. The Morgan fingerprint density at radius 1 is 1.00 bits per heavy atom. The number of esters is 1. The number of aryl methyl sites for hydroxylation is 1. The van der Waals surface area contributed by atoms with Crippen molar-refractivity contribution in [2.24, 2.45) is 17.8 Å². The van der Waals surface area contributed by atoms with Crippen LogP contribution < -0.4 is 10.2 Å². The number of hydrogen-bond acceptors (Lipinski definition) is 6. The molecule has 8 nitrogen and oxygen atoms in total. The number of imide groups is 1. The molecule has 2 aromatic carbocycles. The van der Waals surface area contributed by atoms with E-state index in [9.17, 15) is 14.4 Å². The maximum Gasteiger partial charge on any atom is 0.327 e. The number of rotatable bonds is 5. The van der Waals surface area contributed by atoms with Gasteiger partial charge in [-0.15, -0.1) is 0 Å². The van der Waals surface area contributed by atoms with E-state index in [2.05, 4.69) is 10.4 Å². The molecule has 3 aromatic rings. The van der Waals surface area contributed by atoms with Crippen LogP contribution in [-0.2, 0) is 19.1 Å². The van der Waals surface area contributed by atoms with Crippen LogP contribution in [0.5, 0.6) is 0 Å². The molecule has 1 aromatic heterocycles. The Hall–Kier alpha value is -3.78. The van der Waals surface area contributed by atoms with Crippen molar-refractivity contribution in [3.05, 3.63) is 78.1 Å². The molecule has 0 spiro atoms. The summed E-state index contributed by atoms with van der Waals surface area (Å²) < 4.78 is 6.97. The van der Waals surface area contributed by atoms with E-state index >= 15 is 0 Å². The summed E-state index contributed by atoms with van der Waals surface area (Å²) in [5.41, 5.74) is 1.50. The lowest BCUT2D eigenvalue weighted by atomic mass is 9.73. The van der Waals surface area contributed by atoms with Crippen molar-refractivity contribution in [1.82, 2.24) is 15.1 Å². The van der Waals surface area contributed by atoms with E-state index in [4.69, 9.17) is 4.74 Å². The molecule has 8 heteroatoms. The quantitative estimate of drug-likeness (QED) is 0.453. The Morgan fingerprint density at radius 2 is 1.60 bits per heavy atom. The van der Waals surface area contributed by atoms with E-state index in [1.807, 2.05) is 63.4 Å². The Balaban J connectivity index is 1.66. The molecule has 35 heavy (non-hydrogen) atoms. The highest BCUT2D eigenvalue weighted by molar-refractivity contribution is 6.24. The van der Waals surface area contributed by atoms with Crippen molar-refractivity contribution < 1.29 is 19.1 Å². The number of carbonyl (C=O) groups excluding carboxylic acids is 3. The number of ether oxygens (including phenoxy) is 1. The molecular weight excluding hydrogens is 444 g/mol. The van der Waals surface area contributed by atoms with Crippen molar-refractivity contribution >= 4 is 23.5 Å². The van der Waals surface area contributed by atoms with E-state index in [1.54, 1.807) is 28.9 Å². The Morgan fingerprint density at radius 3 is 2.17 bits per heavy atom. The zero-order valence-electron chi connectivity index (χ0n) is 20.1. The SMILES string of the molecule is COC(=O)[C@]1(C(C)C)N[C@H](c2cn(-c3ccccc3)nc2C)[C@@H]2C(=O)N(c3ccccc3)C(=O)[C@@H]21. The lowest BCUT2D eigenvalue weighted by molar-refractivity contribution is -0.154. The second-order valence-corrected chi connectivity index (χ2v) is 9.44. The summed E-state index contributed by atoms with van der Waals surface area (Å²) in [4.78, 5) is 42.3. The topological polar surface area (TPSA) is 93.5 Å². The van der Waals surface area contributed by atoms with Gasteiger partial charge in [-0.05, 0) is 37.1 Å². The number of fused-ring (bicyclic) bond motifs is 1. The summed E-state index contributed by atoms with van der Waals surface area (Å²) in [6.45, 7) is 5.61. The predicted molar refractivity (Wildman–Crippen MR) is 130 cm³/mol. The average molecular weight is 473 g/mol. The first kappa shape index (κ1) is 23.0. The molecular formula is C27H28N4O4. The van der Waals surface area contributed by atoms with Crippen LogP contribution in [-0.4, -0.2) is 40.2 Å². The first-order valence-electron chi connectivity index (χ1n) is 11.7. The fourth-order valence-corrected chi connectivity index (χ4v) is 5.65. The molecule has 0 radical (unpaired) electrons. The average Bonchev–Trinajstić information content (AvgIpc) is 3.51. The van der Waals surface area contributed by atoms with E-state index in [0.717, 1.165) is 11.3 Å². The van der Waals surface area contributed by atoms with E-state index in [1.165, 1.54) is 12.0 Å². The van der Waals surface area contributed by atoms with Crippen LogP contribution in [0.3, 0.4) is 0 Å². The predicted octanol–water partition coefficient (Wildman–Crippen LogP) is 3.20. The van der Waals surface area contributed by atoms with Gasteiger partial charge in [-0.2, -0.15) is 5.10 Å². The first-order chi connectivity index (χ1) is 16.8. The maximum atomic E-state index is 13.9. The third-order valence-corrected chi connectivity index (χ3v) is 7.34. The summed E-state index contributed by atoms with van der Waals surface area (Å²) in [5.74, 6) is -3.28. The molecule has 0 unspecified atom stereocenters. The maximum absolute atomic E-state index is 13.9. The van der Waals surface area contributed by atoms with Gasteiger partial charge in [-0.3, -0.25) is 19.7 Å². The van der Waals surface area contributed by atoms with Crippen LogP contribution in [0.2, 0.25) is 0 Å². The number of benzene rings is 2. The van der Waals surface area contributed by atoms with Gasteiger partial charge < -0.3 is 4.74 Å². The molecule has 2 aliphatic heterocycles. The number of para-hydroxylation sites is 2. The van der Waals surface area contributed by atoms with Gasteiger partial charge in [0, 0.05) is 17.8 Å². The third-order valence-electron chi connectivity index (χ3n) is 7.34. The number of amides is 2. The minimum atomic E-state index is -1.36. The summed E-state index contributed by atoms with van der Waals surface area (Å²) in [6, 6.07) is 17.9. The molecule has 1 N–H and O–H groups in total. The van der Waals surface area contributed by atoms with Crippen molar-refractivity contribution in [3.63, 3.8) is 0 Å². The highest BCUT2D eigenvalue weighted by Crippen LogP contribution is 2.52. The van der Waals surface area contributed by atoms with E-state index in [0.29, 0.717) is 11.4 Å². The Kier molecular flexibility index (Phi) is 5.56. The molecule has 5 rings (SSSR count). The fourth-order valence-electron chi connectivity index (χ4n) is 5.65. The molecule has 2 fully saturated rings. The zero-order valence-corrected chi connectivity index (χ0v) is 20.1. The summed E-state index contributed by atoms with van der Waals surface area (Å²) in [7, 11) is 1.31. The van der Waals surface area contributed by atoms with E-state index < -0.39 is 35.3 Å². The summed E-state index contributed by atoms with van der Waals surface area (Å²) >= 11 is 0. The number of hydrogen-bond donors (Lipinski definition) is 1. The second-order valence-electron chi connectivity index (χ2n) is 9.44. The Labute approximate surface area is 203 Å². The van der Waals surface area contributed by atoms with Crippen LogP contribution in [0, 0.1) is 24.7 Å². The van der Waals surface area contributed by atoms with Crippen molar-refractivity contribution in [2.45, 2.75) is 32.4 Å². The van der Waals surface area contributed by atoms with Gasteiger partial charge in [0.1, 0.15) is 5.54 Å². The van der Waals surface area contributed by atoms with Gasteiger partial charge in [0.05, 0.1) is 36.0 Å². The van der Waals surface area contributed by atoms with Gasteiger partial charge in [0.2, 0.25) is 11.8 Å². The normalized spacial score (nSPS) is 25.9. The number of aromatic nitrogens is 2. The van der Waals surface area contributed by atoms with Crippen LogP contribution in [0.4, 0.5) is 5.69 Å². The number of methoxy groups -OCH3 is 1. The van der Waals surface area contributed by atoms with Crippen LogP contribution in [0.25, 0.3) is 5.69 Å². The third kappa shape index (κ3) is 3.31. The molecule has 2 saturated heterocycles. The molecule has 0 bridgehead atoms. The highest BCUT2D eigenvalue weighted by Gasteiger charge is 2.70. The summed E-state index contributed by atoms with van der Waals surface area (Å²) in [5, 5.41) is 8.08. The van der Waals surface area contributed by atoms with Crippen LogP contribution in [0.1, 0.15) is 31.1 Å². The number of carbonyl (C=O) groups is 3. The minimum Gasteiger partial charge on any atom is -0.468 e. The number of anilines is 1. The van der Waals surface area contributed by atoms with Crippen LogP contribution >= 0.6 is 0 Å². The van der Waals surface area contributed by atoms with Gasteiger partial charge in [-0.1, -0.05) is 50.2 Å².